The topological polar surface area (TPSA) is 51.4 Å². The van der Waals surface area contributed by atoms with E-state index in [2.05, 4.69) is 39.3 Å². The number of aromatic nitrogens is 1. The number of amides is 1. The van der Waals surface area contributed by atoms with Crippen LogP contribution >= 0.6 is 0 Å². The molecule has 0 atom stereocenters. The molecular weight excluding hydrogens is 276 g/mol. The lowest BCUT2D eigenvalue weighted by Crippen LogP contribution is -2.48. The van der Waals surface area contributed by atoms with E-state index < -0.39 is 0 Å². The number of aromatic amines is 1. The molecule has 5 nitrogen and oxygen atoms in total. The lowest BCUT2D eigenvalue weighted by molar-refractivity contribution is -0.122. The van der Waals surface area contributed by atoms with Gasteiger partial charge in [-0.15, -0.1) is 0 Å². The molecule has 3 rings (SSSR count). The van der Waals surface area contributed by atoms with Crippen molar-refractivity contribution in [2.75, 3.05) is 46.3 Å². The van der Waals surface area contributed by atoms with Gasteiger partial charge in [-0.25, -0.2) is 0 Å². The second-order valence-electron chi connectivity index (χ2n) is 6.04. The number of benzene rings is 1. The van der Waals surface area contributed by atoms with E-state index in [0.29, 0.717) is 13.1 Å². The van der Waals surface area contributed by atoms with Gasteiger partial charge >= 0.3 is 0 Å². The molecule has 2 heterocycles. The SMILES string of the molecule is CN1CCN(CC(=O)NCCc2c[nH]c3ccccc23)CC1. The van der Waals surface area contributed by atoms with Crippen LogP contribution in [0.1, 0.15) is 5.56 Å². The maximum Gasteiger partial charge on any atom is 0.234 e. The second kappa shape index (κ2) is 6.94. The van der Waals surface area contributed by atoms with Gasteiger partial charge in [0.05, 0.1) is 6.54 Å². The largest absolute Gasteiger partial charge is 0.361 e. The highest BCUT2D eigenvalue weighted by Gasteiger charge is 2.16. The zero-order valence-corrected chi connectivity index (χ0v) is 13.1. The van der Waals surface area contributed by atoms with E-state index in [1.165, 1.54) is 10.9 Å². The number of H-pyrrole nitrogens is 1. The van der Waals surface area contributed by atoms with E-state index in [1.807, 2.05) is 18.3 Å². The van der Waals surface area contributed by atoms with Gasteiger partial charge in [0.1, 0.15) is 0 Å². The first-order valence-electron chi connectivity index (χ1n) is 7.95. The fourth-order valence-corrected chi connectivity index (χ4v) is 2.94. The van der Waals surface area contributed by atoms with Crippen LogP contribution in [0.4, 0.5) is 0 Å². The van der Waals surface area contributed by atoms with E-state index >= 15 is 0 Å². The Labute approximate surface area is 131 Å². The molecule has 22 heavy (non-hydrogen) atoms. The Morgan fingerprint density at radius 1 is 1.23 bits per heavy atom. The molecule has 1 saturated heterocycles. The number of nitrogens with zero attached hydrogens (tertiary/aromatic N) is 2. The van der Waals surface area contributed by atoms with Gasteiger partial charge in [-0.3, -0.25) is 9.69 Å². The molecule has 0 unspecified atom stereocenters. The molecule has 1 fully saturated rings. The summed E-state index contributed by atoms with van der Waals surface area (Å²) in [5, 5.41) is 4.28. The Hall–Kier alpha value is -1.85. The lowest BCUT2D eigenvalue weighted by Gasteiger charge is -2.31. The number of nitrogens with one attached hydrogen (secondary N) is 2. The quantitative estimate of drug-likeness (QED) is 0.868. The normalized spacial score (nSPS) is 17.0. The Kier molecular flexibility index (Phi) is 4.75. The number of fused-ring (bicyclic) bond motifs is 1. The summed E-state index contributed by atoms with van der Waals surface area (Å²) in [4.78, 5) is 19.8. The lowest BCUT2D eigenvalue weighted by atomic mass is 10.1. The van der Waals surface area contributed by atoms with Crippen molar-refractivity contribution < 1.29 is 4.79 Å². The second-order valence-corrected chi connectivity index (χ2v) is 6.04. The van der Waals surface area contributed by atoms with Crippen molar-refractivity contribution in [3.8, 4) is 0 Å². The summed E-state index contributed by atoms with van der Waals surface area (Å²) in [5.41, 5.74) is 2.41. The molecule has 0 bridgehead atoms. The number of para-hydroxylation sites is 1. The van der Waals surface area contributed by atoms with Crippen LogP contribution in [0.15, 0.2) is 30.5 Å². The third-order valence-electron chi connectivity index (χ3n) is 4.35. The minimum atomic E-state index is 0.129. The third kappa shape index (κ3) is 3.67. The van der Waals surface area contributed by atoms with E-state index in [1.54, 1.807) is 0 Å². The standard InChI is InChI=1S/C17H24N4O/c1-20-8-10-21(11-9-20)13-17(22)18-7-6-14-12-19-16-5-3-2-4-15(14)16/h2-5,12,19H,6-11,13H2,1H3,(H,18,22). The number of carbonyl (C=O) groups is 1. The van der Waals surface area contributed by atoms with Crippen LogP contribution in [-0.4, -0.2) is 67.0 Å². The molecule has 1 aromatic carbocycles. The first-order chi connectivity index (χ1) is 10.7. The number of likely N-dealkylation sites (N-methyl/N-ethyl adjacent to an activating group) is 1. The van der Waals surface area contributed by atoms with Crippen molar-refractivity contribution in [3.05, 3.63) is 36.0 Å². The molecule has 5 heteroatoms. The molecular formula is C17H24N4O. The number of rotatable bonds is 5. The van der Waals surface area contributed by atoms with Gasteiger partial charge in [-0.05, 0) is 25.1 Å². The maximum atomic E-state index is 12.0. The zero-order valence-electron chi connectivity index (χ0n) is 13.1. The van der Waals surface area contributed by atoms with E-state index in [9.17, 15) is 4.79 Å². The van der Waals surface area contributed by atoms with Crippen molar-refractivity contribution in [1.29, 1.82) is 0 Å². The highest BCUT2D eigenvalue weighted by atomic mass is 16.2. The van der Waals surface area contributed by atoms with E-state index in [4.69, 9.17) is 0 Å². The molecule has 0 aliphatic carbocycles. The average Bonchev–Trinajstić information content (AvgIpc) is 2.93. The molecule has 2 aromatic rings. The summed E-state index contributed by atoms with van der Waals surface area (Å²) in [5.74, 6) is 0.129. The average molecular weight is 300 g/mol. The fraction of sp³-hybridized carbons (Fsp3) is 0.471. The van der Waals surface area contributed by atoms with Crippen LogP contribution in [0.3, 0.4) is 0 Å². The summed E-state index contributed by atoms with van der Waals surface area (Å²) in [6, 6.07) is 8.27. The number of hydrogen-bond donors (Lipinski definition) is 2. The van der Waals surface area contributed by atoms with Crippen LogP contribution in [0, 0.1) is 0 Å². The van der Waals surface area contributed by atoms with Gasteiger partial charge in [0, 0.05) is 49.8 Å². The smallest absolute Gasteiger partial charge is 0.234 e. The minimum Gasteiger partial charge on any atom is -0.361 e. The Bertz CT molecular complexity index is 628. The third-order valence-corrected chi connectivity index (χ3v) is 4.35. The van der Waals surface area contributed by atoms with Gasteiger partial charge in [0.2, 0.25) is 5.91 Å². The first kappa shape index (κ1) is 15.1. The van der Waals surface area contributed by atoms with Crippen LogP contribution in [0.5, 0.6) is 0 Å². The first-order valence-corrected chi connectivity index (χ1v) is 7.95. The van der Waals surface area contributed by atoms with Crippen LogP contribution < -0.4 is 5.32 Å². The Morgan fingerprint density at radius 2 is 2.00 bits per heavy atom. The van der Waals surface area contributed by atoms with Gasteiger partial charge < -0.3 is 15.2 Å². The van der Waals surface area contributed by atoms with Crippen LogP contribution in [-0.2, 0) is 11.2 Å². The number of hydrogen-bond acceptors (Lipinski definition) is 3. The summed E-state index contributed by atoms with van der Waals surface area (Å²) in [7, 11) is 2.12. The summed E-state index contributed by atoms with van der Waals surface area (Å²) < 4.78 is 0. The van der Waals surface area contributed by atoms with Crippen molar-refractivity contribution in [2.24, 2.45) is 0 Å². The van der Waals surface area contributed by atoms with Gasteiger partial charge in [-0.1, -0.05) is 18.2 Å². The molecule has 1 aliphatic heterocycles. The Morgan fingerprint density at radius 3 is 2.82 bits per heavy atom. The molecule has 0 saturated carbocycles. The van der Waals surface area contributed by atoms with E-state index in [-0.39, 0.29) is 5.91 Å². The molecule has 0 spiro atoms. The number of carbonyl (C=O) groups excluding carboxylic acids is 1. The van der Waals surface area contributed by atoms with Crippen molar-refractivity contribution in [1.82, 2.24) is 20.1 Å². The molecule has 1 amide bonds. The highest BCUT2D eigenvalue weighted by Crippen LogP contribution is 2.17. The predicted octanol–water partition coefficient (Wildman–Crippen LogP) is 1.07. The predicted molar refractivity (Wildman–Crippen MR) is 88.9 cm³/mol. The maximum absolute atomic E-state index is 12.0. The van der Waals surface area contributed by atoms with Crippen molar-refractivity contribution >= 4 is 16.8 Å². The van der Waals surface area contributed by atoms with Gasteiger partial charge in [-0.2, -0.15) is 0 Å². The summed E-state index contributed by atoms with van der Waals surface area (Å²) >= 11 is 0. The molecule has 1 aliphatic rings. The molecule has 2 N–H and O–H groups in total. The fourth-order valence-electron chi connectivity index (χ4n) is 2.94. The number of piperazine rings is 1. The van der Waals surface area contributed by atoms with Crippen molar-refractivity contribution in [2.45, 2.75) is 6.42 Å². The van der Waals surface area contributed by atoms with Gasteiger partial charge in [0.15, 0.2) is 0 Å². The highest BCUT2D eigenvalue weighted by molar-refractivity contribution is 5.83. The van der Waals surface area contributed by atoms with E-state index in [0.717, 1.165) is 38.1 Å². The molecule has 118 valence electrons. The molecule has 0 radical (unpaired) electrons. The molecule has 1 aromatic heterocycles. The zero-order chi connectivity index (χ0) is 15.4. The van der Waals surface area contributed by atoms with Crippen LogP contribution in [0.25, 0.3) is 10.9 Å². The van der Waals surface area contributed by atoms with Crippen LogP contribution in [0.2, 0.25) is 0 Å². The van der Waals surface area contributed by atoms with Crippen molar-refractivity contribution in [3.63, 3.8) is 0 Å². The minimum absolute atomic E-state index is 0.129. The Balaban J connectivity index is 1.44. The summed E-state index contributed by atoms with van der Waals surface area (Å²) in [6.07, 6.45) is 2.90. The summed E-state index contributed by atoms with van der Waals surface area (Å²) in [6.45, 7) is 5.25. The monoisotopic (exact) mass is 300 g/mol. The van der Waals surface area contributed by atoms with Gasteiger partial charge in [0.25, 0.3) is 0 Å².